The second kappa shape index (κ2) is 5.74. The number of nitro groups is 1. The van der Waals surface area contributed by atoms with E-state index in [4.69, 9.17) is 4.42 Å². The maximum atomic E-state index is 13.2. The number of carbonyl (C=O) groups is 1. The average Bonchev–Trinajstić information content (AvgIpc) is 2.85. The van der Waals surface area contributed by atoms with E-state index in [0.717, 1.165) is 12.1 Å². The van der Waals surface area contributed by atoms with Crippen molar-refractivity contribution in [3.05, 3.63) is 63.3 Å². The molecule has 0 aliphatic rings. The van der Waals surface area contributed by atoms with Crippen molar-refractivity contribution in [1.29, 1.82) is 0 Å². The number of amides is 1. The van der Waals surface area contributed by atoms with E-state index in [2.05, 4.69) is 5.32 Å². The first-order valence-electron chi connectivity index (χ1n) is 6.19. The Morgan fingerprint density at radius 3 is 2.67 bits per heavy atom. The summed E-state index contributed by atoms with van der Waals surface area (Å²) in [6, 6.07) is 6.08. The fourth-order valence-corrected chi connectivity index (χ4v) is 1.83. The van der Waals surface area contributed by atoms with Crippen molar-refractivity contribution in [3.8, 4) is 0 Å². The van der Waals surface area contributed by atoms with Gasteiger partial charge < -0.3 is 9.73 Å². The molecule has 6 nitrogen and oxygen atoms in total. The second-order valence-corrected chi connectivity index (χ2v) is 4.57. The predicted molar refractivity (Wildman–Crippen MR) is 72.4 cm³/mol. The van der Waals surface area contributed by atoms with Crippen LogP contribution in [0.15, 0.2) is 34.7 Å². The summed E-state index contributed by atoms with van der Waals surface area (Å²) in [5.41, 5.74) is -0.720. The van der Waals surface area contributed by atoms with E-state index in [0.29, 0.717) is 11.5 Å². The minimum Gasteiger partial charge on any atom is -0.464 e. The number of nitro benzene ring substituents is 1. The lowest BCUT2D eigenvalue weighted by Crippen LogP contribution is -2.26. The van der Waals surface area contributed by atoms with Gasteiger partial charge in [-0.25, -0.2) is 0 Å². The standard InChI is InChI=1S/C14H13FN2O4/c1-8-3-6-13(21-8)9(2)16-14(18)10-4-5-11(15)12(7-10)17(19)20/h3-7,9H,1-2H3,(H,16,18). The third-order valence-electron chi connectivity index (χ3n) is 2.94. The van der Waals surface area contributed by atoms with Crippen molar-refractivity contribution >= 4 is 11.6 Å². The largest absolute Gasteiger partial charge is 0.464 e. The van der Waals surface area contributed by atoms with E-state index in [1.165, 1.54) is 6.07 Å². The summed E-state index contributed by atoms with van der Waals surface area (Å²) >= 11 is 0. The summed E-state index contributed by atoms with van der Waals surface area (Å²) in [5.74, 6) is -0.244. The Bertz CT molecular complexity index is 696. The van der Waals surface area contributed by atoms with Crippen LogP contribution in [0, 0.1) is 22.9 Å². The molecule has 1 atom stereocenters. The minimum absolute atomic E-state index is 0.0122. The van der Waals surface area contributed by atoms with Crippen molar-refractivity contribution in [1.82, 2.24) is 5.32 Å². The van der Waals surface area contributed by atoms with Crippen LogP contribution in [0.5, 0.6) is 0 Å². The zero-order valence-corrected chi connectivity index (χ0v) is 11.4. The molecule has 2 aromatic rings. The molecule has 0 bridgehead atoms. The van der Waals surface area contributed by atoms with Crippen LogP contribution in [0.3, 0.4) is 0 Å². The fourth-order valence-electron chi connectivity index (χ4n) is 1.83. The van der Waals surface area contributed by atoms with Gasteiger partial charge in [-0.05, 0) is 38.1 Å². The monoisotopic (exact) mass is 292 g/mol. The van der Waals surface area contributed by atoms with Gasteiger partial charge in [-0.2, -0.15) is 4.39 Å². The molecule has 0 spiro atoms. The molecule has 1 amide bonds. The SMILES string of the molecule is Cc1ccc(C(C)NC(=O)c2ccc(F)c([N+](=O)[O-])c2)o1. The maximum Gasteiger partial charge on any atom is 0.305 e. The number of carbonyl (C=O) groups excluding carboxylic acids is 1. The number of nitrogens with one attached hydrogen (secondary N) is 1. The van der Waals surface area contributed by atoms with Gasteiger partial charge in [0.2, 0.25) is 5.82 Å². The van der Waals surface area contributed by atoms with E-state index in [1.807, 2.05) is 0 Å². The summed E-state index contributed by atoms with van der Waals surface area (Å²) in [5, 5.41) is 13.3. The highest BCUT2D eigenvalue weighted by Gasteiger charge is 2.19. The van der Waals surface area contributed by atoms with Gasteiger partial charge in [-0.3, -0.25) is 14.9 Å². The van der Waals surface area contributed by atoms with Gasteiger partial charge in [0.1, 0.15) is 11.5 Å². The molecule has 1 unspecified atom stereocenters. The number of furan rings is 1. The highest BCUT2D eigenvalue weighted by Crippen LogP contribution is 2.20. The van der Waals surface area contributed by atoms with Crippen molar-refractivity contribution < 1.29 is 18.5 Å². The smallest absolute Gasteiger partial charge is 0.305 e. The van der Waals surface area contributed by atoms with Crippen LogP contribution >= 0.6 is 0 Å². The van der Waals surface area contributed by atoms with Crippen molar-refractivity contribution in [2.45, 2.75) is 19.9 Å². The third-order valence-corrected chi connectivity index (χ3v) is 2.94. The van der Waals surface area contributed by atoms with Gasteiger partial charge in [0.25, 0.3) is 5.91 Å². The van der Waals surface area contributed by atoms with Crippen molar-refractivity contribution in [2.24, 2.45) is 0 Å². The molecule has 7 heteroatoms. The molecule has 0 aliphatic carbocycles. The van der Waals surface area contributed by atoms with Gasteiger partial charge in [0, 0.05) is 11.6 Å². The lowest BCUT2D eigenvalue weighted by Gasteiger charge is -2.11. The topological polar surface area (TPSA) is 85.4 Å². The zero-order valence-electron chi connectivity index (χ0n) is 11.4. The maximum absolute atomic E-state index is 13.2. The molecule has 0 aliphatic heterocycles. The fraction of sp³-hybridized carbons (Fsp3) is 0.214. The van der Waals surface area contributed by atoms with Crippen LogP contribution in [0.4, 0.5) is 10.1 Å². The zero-order chi connectivity index (χ0) is 15.6. The number of hydrogen-bond acceptors (Lipinski definition) is 4. The normalized spacial score (nSPS) is 12.0. The van der Waals surface area contributed by atoms with Gasteiger partial charge in [-0.1, -0.05) is 0 Å². The number of benzene rings is 1. The molecule has 0 saturated heterocycles. The van der Waals surface area contributed by atoms with E-state index in [9.17, 15) is 19.3 Å². The Balaban J connectivity index is 2.17. The number of hydrogen-bond donors (Lipinski definition) is 1. The van der Waals surface area contributed by atoms with Crippen LogP contribution in [0.2, 0.25) is 0 Å². The summed E-state index contributed by atoms with van der Waals surface area (Å²) in [7, 11) is 0. The highest BCUT2D eigenvalue weighted by molar-refractivity contribution is 5.95. The van der Waals surface area contributed by atoms with Crippen molar-refractivity contribution in [2.75, 3.05) is 0 Å². The molecule has 2 rings (SSSR count). The predicted octanol–water partition coefficient (Wildman–Crippen LogP) is 3.13. The first kappa shape index (κ1) is 14.7. The molecule has 0 radical (unpaired) electrons. The van der Waals surface area contributed by atoms with Crippen LogP contribution in [-0.4, -0.2) is 10.8 Å². The van der Waals surface area contributed by atoms with Crippen LogP contribution < -0.4 is 5.32 Å². The van der Waals surface area contributed by atoms with E-state index >= 15 is 0 Å². The first-order valence-corrected chi connectivity index (χ1v) is 6.19. The number of halogens is 1. The molecule has 0 fully saturated rings. The van der Waals surface area contributed by atoms with E-state index in [1.54, 1.807) is 26.0 Å². The van der Waals surface area contributed by atoms with Gasteiger partial charge in [0.05, 0.1) is 11.0 Å². The molecular formula is C14H13FN2O4. The molecule has 1 heterocycles. The number of rotatable bonds is 4. The molecule has 1 N–H and O–H groups in total. The lowest BCUT2D eigenvalue weighted by atomic mass is 10.1. The summed E-state index contributed by atoms with van der Waals surface area (Å²) in [6.07, 6.45) is 0. The summed E-state index contributed by atoms with van der Waals surface area (Å²) < 4.78 is 18.6. The minimum atomic E-state index is -0.980. The van der Waals surface area contributed by atoms with Gasteiger partial charge >= 0.3 is 5.69 Å². The second-order valence-electron chi connectivity index (χ2n) is 4.57. The summed E-state index contributed by atoms with van der Waals surface area (Å²) in [4.78, 5) is 21.8. The Morgan fingerprint density at radius 1 is 1.38 bits per heavy atom. The van der Waals surface area contributed by atoms with Crippen LogP contribution in [-0.2, 0) is 0 Å². The number of aryl methyl sites for hydroxylation is 1. The Kier molecular flexibility index (Phi) is 4.02. The first-order chi connectivity index (χ1) is 9.88. The number of nitrogens with zero attached hydrogens (tertiary/aromatic N) is 1. The lowest BCUT2D eigenvalue weighted by molar-refractivity contribution is -0.387. The van der Waals surface area contributed by atoms with Crippen LogP contribution in [0.1, 0.15) is 34.8 Å². The van der Waals surface area contributed by atoms with Crippen LogP contribution in [0.25, 0.3) is 0 Å². The van der Waals surface area contributed by atoms with Crippen molar-refractivity contribution in [3.63, 3.8) is 0 Å². The summed E-state index contributed by atoms with van der Waals surface area (Å²) in [6.45, 7) is 3.50. The molecule has 1 aromatic heterocycles. The Labute approximate surface area is 119 Å². The van der Waals surface area contributed by atoms with E-state index in [-0.39, 0.29) is 5.56 Å². The third kappa shape index (κ3) is 3.25. The van der Waals surface area contributed by atoms with E-state index < -0.39 is 28.4 Å². The highest BCUT2D eigenvalue weighted by atomic mass is 19.1. The molecular weight excluding hydrogens is 279 g/mol. The van der Waals surface area contributed by atoms with Gasteiger partial charge in [0.15, 0.2) is 0 Å². The Morgan fingerprint density at radius 2 is 2.10 bits per heavy atom. The average molecular weight is 292 g/mol. The molecule has 21 heavy (non-hydrogen) atoms. The Hall–Kier alpha value is -2.70. The molecule has 110 valence electrons. The molecule has 1 aromatic carbocycles. The molecule has 0 saturated carbocycles. The quantitative estimate of drug-likeness (QED) is 0.693. The van der Waals surface area contributed by atoms with Gasteiger partial charge in [-0.15, -0.1) is 0 Å².